The van der Waals surface area contributed by atoms with Crippen LogP contribution in [0.3, 0.4) is 0 Å². The molecule has 1 heterocycles. The van der Waals surface area contributed by atoms with Gasteiger partial charge in [0.1, 0.15) is 5.66 Å². The summed E-state index contributed by atoms with van der Waals surface area (Å²) >= 11 is 0. The molecule has 8 heteroatoms. The fourth-order valence-electron chi connectivity index (χ4n) is 3.68. The zero-order valence-electron chi connectivity index (χ0n) is 15.4. The first-order valence-electron chi connectivity index (χ1n) is 8.94. The van der Waals surface area contributed by atoms with E-state index in [9.17, 15) is 4.79 Å². The standard InChI is InChI=1S/C18H27N7O/c1-24(2)12-15(26)21-13-6-8-14(9-7-13)25-17(20)22-16(19)23-18(25)10-4-3-5-11-18/h6-9H,3-5,10-12H2,1-2H3,(H,21,26)(H4,19,20,22,23). The zero-order valence-corrected chi connectivity index (χ0v) is 15.4. The minimum Gasteiger partial charge on any atom is -0.369 e. The summed E-state index contributed by atoms with van der Waals surface area (Å²) in [6, 6.07) is 7.60. The molecule has 0 unspecified atom stereocenters. The minimum atomic E-state index is -0.455. The Kier molecular flexibility index (Phi) is 5.13. The van der Waals surface area contributed by atoms with Gasteiger partial charge in [0.15, 0.2) is 0 Å². The molecule has 0 bridgehead atoms. The Morgan fingerprint density at radius 2 is 1.85 bits per heavy atom. The van der Waals surface area contributed by atoms with Crippen molar-refractivity contribution in [3.63, 3.8) is 0 Å². The number of carbonyl (C=O) groups is 1. The van der Waals surface area contributed by atoms with Crippen molar-refractivity contribution in [2.24, 2.45) is 21.5 Å². The highest BCUT2D eigenvalue weighted by molar-refractivity contribution is 6.05. The third-order valence-electron chi connectivity index (χ3n) is 4.72. The summed E-state index contributed by atoms with van der Waals surface area (Å²) in [5, 5.41) is 2.88. The number of benzene rings is 1. The smallest absolute Gasteiger partial charge is 0.238 e. The average molecular weight is 357 g/mol. The van der Waals surface area contributed by atoms with Crippen LogP contribution in [0.4, 0.5) is 11.4 Å². The third kappa shape index (κ3) is 3.80. The monoisotopic (exact) mass is 357 g/mol. The molecule has 3 rings (SSSR count). The summed E-state index contributed by atoms with van der Waals surface area (Å²) in [5.74, 6) is 0.555. The minimum absolute atomic E-state index is 0.0528. The lowest BCUT2D eigenvalue weighted by atomic mass is 9.87. The lowest BCUT2D eigenvalue weighted by Gasteiger charge is -2.45. The summed E-state index contributed by atoms with van der Waals surface area (Å²) in [7, 11) is 3.72. The molecule has 1 aliphatic carbocycles. The van der Waals surface area contributed by atoms with E-state index in [1.807, 2.05) is 48.2 Å². The van der Waals surface area contributed by atoms with Gasteiger partial charge in [0.25, 0.3) is 0 Å². The van der Waals surface area contributed by atoms with Gasteiger partial charge in [0.05, 0.1) is 6.54 Å². The summed E-state index contributed by atoms with van der Waals surface area (Å²) < 4.78 is 0. The van der Waals surface area contributed by atoms with Gasteiger partial charge in [0, 0.05) is 11.4 Å². The number of rotatable bonds is 4. The van der Waals surface area contributed by atoms with Crippen molar-refractivity contribution in [3.05, 3.63) is 24.3 Å². The van der Waals surface area contributed by atoms with Crippen LogP contribution in [0.2, 0.25) is 0 Å². The van der Waals surface area contributed by atoms with E-state index in [1.54, 1.807) is 0 Å². The molecule has 1 fully saturated rings. The molecule has 0 radical (unpaired) electrons. The van der Waals surface area contributed by atoms with Crippen LogP contribution in [0.5, 0.6) is 0 Å². The molecule has 1 aliphatic heterocycles. The Hall–Kier alpha value is -2.61. The van der Waals surface area contributed by atoms with Crippen LogP contribution in [0, 0.1) is 0 Å². The molecule has 1 amide bonds. The molecule has 0 atom stereocenters. The SMILES string of the molecule is CN(C)CC(=O)Nc1ccc(N2C(N)=NC(N)=NC23CCCCC3)cc1. The van der Waals surface area contributed by atoms with Crippen LogP contribution >= 0.6 is 0 Å². The van der Waals surface area contributed by atoms with Gasteiger partial charge in [-0.05, 0) is 64.0 Å². The number of amides is 1. The predicted octanol–water partition coefficient (Wildman–Crippen LogP) is 1.30. The van der Waals surface area contributed by atoms with Crippen LogP contribution in [0.15, 0.2) is 34.3 Å². The van der Waals surface area contributed by atoms with E-state index in [-0.39, 0.29) is 11.9 Å². The summed E-state index contributed by atoms with van der Waals surface area (Å²) in [5.41, 5.74) is 13.3. The number of anilines is 2. The Morgan fingerprint density at radius 1 is 1.19 bits per heavy atom. The highest BCUT2D eigenvalue weighted by Gasteiger charge is 2.42. The first-order chi connectivity index (χ1) is 12.4. The van der Waals surface area contributed by atoms with Crippen molar-refractivity contribution in [2.75, 3.05) is 30.9 Å². The number of likely N-dealkylation sites (N-methyl/N-ethyl adjacent to an activating group) is 1. The van der Waals surface area contributed by atoms with E-state index in [4.69, 9.17) is 11.5 Å². The molecule has 0 aromatic heterocycles. The number of hydrogen-bond donors (Lipinski definition) is 3. The van der Waals surface area contributed by atoms with Crippen molar-refractivity contribution >= 4 is 29.2 Å². The summed E-state index contributed by atoms with van der Waals surface area (Å²) in [6.45, 7) is 0.338. The predicted molar refractivity (Wildman–Crippen MR) is 105 cm³/mol. The van der Waals surface area contributed by atoms with Gasteiger partial charge in [-0.25, -0.2) is 4.99 Å². The molecule has 0 saturated heterocycles. The van der Waals surface area contributed by atoms with Crippen LogP contribution in [-0.4, -0.2) is 49.0 Å². The summed E-state index contributed by atoms with van der Waals surface area (Å²) in [4.78, 5) is 24.5. The van der Waals surface area contributed by atoms with Crippen LogP contribution in [0.25, 0.3) is 0 Å². The first kappa shape index (κ1) is 18.2. The maximum atomic E-state index is 11.9. The molecule has 26 heavy (non-hydrogen) atoms. The quantitative estimate of drug-likeness (QED) is 0.752. The molecular weight excluding hydrogens is 330 g/mol. The number of nitrogens with one attached hydrogen (secondary N) is 1. The fourth-order valence-corrected chi connectivity index (χ4v) is 3.68. The lowest BCUT2D eigenvalue weighted by Crippen LogP contribution is -2.58. The van der Waals surface area contributed by atoms with E-state index in [0.717, 1.165) is 37.1 Å². The number of nitrogens with two attached hydrogens (primary N) is 2. The molecule has 5 N–H and O–H groups in total. The molecule has 1 saturated carbocycles. The molecule has 1 spiro atoms. The molecular formula is C18H27N7O. The molecule has 1 aromatic carbocycles. The molecule has 8 nitrogen and oxygen atoms in total. The maximum absolute atomic E-state index is 11.9. The van der Waals surface area contributed by atoms with Gasteiger partial charge in [-0.3, -0.25) is 9.69 Å². The molecule has 1 aromatic rings. The Bertz CT molecular complexity index is 718. The van der Waals surface area contributed by atoms with Gasteiger partial charge < -0.3 is 21.7 Å². The van der Waals surface area contributed by atoms with Crippen molar-refractivity contribution in [1.82, 2.24) is 4.90 Å². The lowest BCUT2D eigenvalue weighted by molar-refractivity contribution is -0.116. The Balaban J connectivity index is 1.82. The third-order valence-corrected chi connectivity index (χ3v) is 4.72. The molecule has 2 aliphatic rings. The Labute approximate surface area is 154 Å². The largest absolute Gasteiger partial charge is 0.369 e. The normalized spacial score (nSPS) is 19.3. The van der Waals surface area contributed by atoms with Gasteiger partial charge in [-0.15, -0.1) is 0 Å². The van der Waals surface area contributed by atoms with Crippen molar-refractivity contribution in [3.8, 4) is 0 Å². The van der Waals surface area contributed by atoms with E-state index in [0.29, 0.717) is 12.5 Å². The van der Waals surface area contributed by atoms with Crippen molar-refractivity contribution in [2.45, 2.75) is 37.8 Å². The van der Waals surface area contributed by atoms with E-state index >= 15 is 0 Å². The van der Waals surface area contributed by atoms with Gasteiger partial charge in [-0.1, -0.05) is 6.42 Å². The summed E-state index contributed by atoms with van der Waals surface area (Å²) in [6.07, 6.45) is 5.15. The second-order valence-corrected chi connectivity index (χ2v) is 7.15. The van der Waals surface area contributed by atoms with E-state index < -0.39 is 5.66 Å². The number of carbonyl (C=O) groups excluding carboxylic acids is 1. The van der Waals surface area contributed by atoms with Crippen LogP contribution < -0.4 is 21.7 Å². The van der Waals surface area contributed by atoms with Crippen molar-refractivity contribution in [1.29, 1.82) is 0 Å². The second kappa shape index (κ2) is 7.33. The fraction of sp³-hybridized carbons (Fsp3) is 0.500. The second-order valence-electron chi connectivity index (χ2n) is 7.15. The molecule has 140 valence electrons. The highest BCUT2D eigenvalue weighted by Crippen LogP contribution is 2.39. The Morgan fingerprint density at radius 3 is 2.46 bits per heavy atom. The van der Waals surface area contributed by atoms with Gasteiger partial charge in [-0.2, -0.15) is 4.99 Å². The highest BCUT2D eigenvalue weighted by atomic mass is 16.2. The van der Waals surface area contributed by atoms with E-state index in [1.165, 1.54) is 6.42 Å². The average Bonchev–Trinajstić information content (AvgIpc) is 2.55. The zero-order chi connectivity index (χ0) is 18.7. The first-order valence-corrected chi connectivity index (χ1v) is 8.94. The number of hydrogen-bond acceptors (Lipinski definition) is 7. The number of nitrogens with zero attached hydrogens (tertiary/aromatic N) is 4. The van der Waals surface area contributed by atoms with Gasteiger partial charge >= 0.3 is 0 Å². The number of aliphatic imine (C=N–C) groups is 2. The number of guanidine groups is 2. The van der Waals surface area contributed by atoms with Crippen LogP contribution in [-0.2, 0) is 4.79 Å². The van der Waals surface area contributed by atoms with E-state index in [2.05, 4.69) is 15.3 Å². The maximum Gasteiger partial charge on any atom is 0.238 e. The topological polar surface area (TPSA) is 112 Å². The van der Waals surface area contributed by atoms with Crippen LogP contribution in [0.1, 0.15) is 32.1 Å². The van der Waals surface area contributed by atoms with Gasteiger partial charge in [0.2, 0.25) is 17.8 Å². The van der Waals surface area contributed by atoms with Crippen molar-refractivity contribution < 1.29 is 4.79 Å².